The van der Waals surface area contributed by atoms with Gasteiger partial charge in [0, 0.05) is 30.6 Å². The van der Waals surface area contributed by atoms with Crippen molar-refractivity contribution >= 4 is 11.8 Å². The molecule has 3 aliphatic rings. The number of hydrogen-bond acceptors (Lipinski definition) is 5. The van der Waals surface area contributed by atoms with E-state index in [1.165, 1.54) is 42.5 Å². The Bertz CT molecular complexity index is 792. The fourth-order valence-corrected chi connectivity index (χ4v) is 5.31. The van der Waals surface area contributed by atoms with Crippen molar-refractivity contribution in [3.8, 4) is 0 Å². The Morgan fingerprint density at radius 2 is 1.89 bits per heavy atom. The van der Waals surface area contributed by atoms with Crippen LogP contribution in [0, 0.1) is 5.92 Å². The minimum atomic E-state index is 0.329. The van der Waals surface area contributed by atoms with Crippen molar-refractivity contribution < 1.29 is 0 Å². The number of nitrogen functional groups attached to an aromatic ring is 1. The average Bonchev–Trinajstić information content (AvgIpc) is 3.02. The summed E-state index contributed by atoms with van der Waals surface area (Å²) in [6.07, 6.45) is 7.24. The Kier molecular flexibility index (Phi) is 4.48. The lowest BCUT2D eigenvalue weighted by molar-refractivity contribution is 0.340. The first-order chi connectivity index (χ1) is 13.3. The summed E-state index contributed by atoms with van der Waals surface area (Å²) in [5.74, 6) is 2.60. The van der Waals surface area contributed by atoms with E-state index in [9.17, 15) is 0 Å². The summed E-state index contributed by atoms with van der Waals surface area (Å²) in [5.41, 5.74) is 10.1. The summed E-state index contributed by atoms with van der Waals surface area (Å²) in [6, 6.07) is 11.4. The topological polar surface area (TPSA) is 67.1 Å². The molecule has 2 saturated heterocycles. The summed E-state index contributed by atoms with van der Waals surface area (Å²) in [7, 11) is 0. The average molecular weight is 364 g/mol. The van der Waals surface area contributed by atoms with Crippen LogP contribution in [-0.4, -0.2) is 35.6 Å². The van der Waals surface area contributed by atoms with Gasteiger partial charge in [-0.3, -0.25) is 0 Å². The van der Waals surface area contributed by atoms with Gasteiger partial charge in [0.05, 0.1) is 5.69 Å². The Labute approximate surface area is 161 Å². The third-order valence-electron chi connectivity index (χ3n) is 6.63. The maximum atomic E-state index is 6.22. The van der Waals surface area contributed by atoms with Crippen LogP contribution in [0.3, 0.4) is 0 Å². The Morgan fingerprint density at radius 3 is 2.74 bits per heavy atom. The number of anilines is 2. The molecule has 3 N–H and O–H groups in total. The molecule has 3 atom stereocenters. The highest BCUT2D eigenvalue weighted by atomic mass is 15.3. The molecule has 1 aromatic carbocycles. The largest absolute Gasteiger partial charge is 0.368 e. The van der Waals surface area contributed by atoms with E-state index in [0.29, 0.717) is 17.9 Å². The van der Waals surface area contributed by atoms with Crippen molar-refractivity contribution in [3.05, 3.63) is 47.2 Å². The standard InChI is InChI=1S/C22H29N5/c23-22-25-20-17(15-7-2-1-3-8-15)10-4-5-11-18(20)21(26-22)27-13-16-9-6-12-24-19(16)14-27/h1-3,7-8,16-17,19,24H,4-6,9-14H2,(H2,23,25,26)/t16-,17?,19+/m1/s1. The molecule has 3 heterocycles. The first kappa shape index (κ1) is 17.0. The molecule has 5 rings (SSSR count). The Balaban J connectivity index is 1.55. The molecular formula is C22H29N5. The van der Waals surface area contributed by atoms with E-state index in [1.807, 2.05) is 0 Å². The highest BCUT2D eigenvalue weighted by Crippen LogP contribution is 2.39. The molecule has 2 aromatic rings. The second-order valence-electron chi connectivity index (χ2n) is 8.35. The molecule has 5 nitrogen and oxygen atoms in total. The summed E-state index contributed by atoms with van der Waals surface area (Å²) in [5, 5.41) is 3.71. The highest BCUT2D eigenvalue weighted by molar-refractivity contribution is 5.55. The van der Waals surface area contributed by atoms with Gasteiger partial charge in [-0.2, -0.15) is 4.98 Å². The zero-order chi connectivity index (χ0) is 18.2. The number of aromatic nitrogens is 2. The van der Waals surface area contributed by atoms with Crippen LogP contribution in [0.25, 0.3) is 0 Å². The number of nitrogens with two attached hydrogens (primary N) is 1. The van der Waals surface area contributed by atoms with E-state index in [2.05, 4.69) is 40.5 Å². The van der Waals surface area contributed by atoms with Crippen LogP contribution in [0.1, 0.15) is 54.8 Å². The fourth-order valence-electron chi connectivity index (χ4n) is 5.31. The van der Waals surface area contributed by atoms with Crippen molar-refractivity contribution in [1.29, 1.82) is 0 Å². The van der Waals surface area contributed by atoms with Crippen LogP contribution in [-0.2, 0) is 6.42 Å². The van der Waals surface area contributed by atoms with E-state index in [-0.39, 0.29) is 0 Å². The van der Waals surface area contributed by atoms with Crippen molar-refractivity contribution in [2.45, 2.75) is 50.5 Å². The SMILES string of the molecule is Nc1nc2c(c(N3C[C@H]4CCCN[C@H]4C3)n1)CCCCC2c1ccccc1. The lowest BCUT2D eigenvalue weighted by Gasteiger charge is -2.24. The monoisotopic (exact) mass is 363 g/mol. The molecule has 2 fully saturated rings. The van der Waals surface area contributed by atoms with E-state index in [0.717, 1.165) is 44.2 Å². The molecule has 0 bridgehead atoms. The Morgan fingerprint density at radius 1 is 1.00 bits per heavy atom. The highest BCUT2D eigenvalue weighted by Gasteiger charge is 2.37. The lowest BCUT2D eigenvalue weighted by Crippen LogP contribution is -2.40. The van der Waals surface area contributed by atoms with Crippen molar-refractivity contribution in [1.82, 2.24) is 15.3 Å². The van der Waals surface area contributed by atoms with Gasteiger partial charge in [0.25, 0.3) is 0 Å². The normalized spacial score (nSPS) is 27.7. The molecule has 0 radical (unpaired) electrons. The molecule has 2 aliphatic heterocycles. The molecule has 1 unspecified atom stereocenters. The molecule has 5 heteroatoms. The van der Waals surface area contributed by atoms with Gasteiger partial charge in [-0.25, -0.2) is 4.98 Å². The van der Waals surface area contributed by atoms with Crippen LogP contribution < -0.4 is 16.0 Å². The van der Waals surface area contributed by atoms with Gasteiger partial charge in [0.15, 0.2) is 0 Å². The van der Waals surface area contributed by atoms with Gasteiger partial charge in [-0.15, -0.1) is 0 Å². The minimum Gasteiger partial charge on any atom is -0.368 e. The van der Waals surface area contributed by atoms with Crippen molar-refractivity contribution in [3.63, 3.8) is 0 Å². The zero-order valence-electron chi connectivity index (χ0n) is 15.9. The van der Waals surface area contributed by atoms with Gasteiger partial charge in [-0.05, 0) is 50.1 Å². The number of benzene rings is 1. The fraction of sp³-hybridized carbons (Fsp3) is 0.545. The summed E-state index contributed by atoms with van der Waals surface area (Å²) >= 11 is 0. The van der Waals surface area contributed by atoms with Crippen molar-refractivity contribution in [2.24, 2.45) is 5.92 Å². The van der Waals surface area contributed by atoms with Gasteiger partial charge < -0.3 is 16.0 Å². The van der Waals surface area contributed by atoms with Gasteiger partial charge in [-0.1, -0.05) is 36.8 Å². The lowest BCUT2D eigenvalue weighted by atomic mass is 9.90. The first-order valence-corrected chi connectivity index (χ1v) is 10.5. The maximum Gasteiger partial charge on any atom is 0.222 e. The number of hydrogen-bond donors (Lipinski definition) is 2. The number of piperidine rings is 1. The summed E-state index contributed by atoms with van der Waals surface area (Å²) in [6.45, 7) is 3.29. The number of fused-ring (bicyclic) bond motifs is 2. The molecule has 0 amide bonds. The van der Waals surface area contributed by atoms with Crippen LogP contribution in [0.4, 0.5) is 11.8 Å². The van der Waals surface area contributed by atoms with Gasteiger partial charge in [0.1, 0.15) is 5.82 Å². The van der Waals surface area contributed by atoms with Gasteiger partial charge in [0.2, 0.25) is 5.95 Å². The smallest absolute Gasteiger partial charge is 0.222 e. The predicted molar refractivity (Wildman–Crippen MR) is 109 cm³/mol. The van der Waals surface area contributed by atoms with E-state index in [4.69, 9.17) is 15.7 Å². The van der Waals surface area contributed by atoms with Crippen LogP contribution >= 0.6 is 0 Å². The maximum absolute atomic E-state index is 6.22. The quantitative estimate of drug-likeness (QED) is 0.803. The number of nitrogens with zero attached hydrogens (tertiary/aromatic N) is 3. The summed E-state index contributed by atoms with van der Waals surface area (Å²) < 4.78 is 0. The third kappa shape index (κ3) is 3.18. The van der Waals surface area contributed by atoms with E-state index >= 15 is 0 Å². The van der Waals surface area contributed by atoms with Gasteiger partial charge >= 0.3 is 0 Å². The van der Waals surface area contributed by atoms with Crippen LogP contribution in [0.2, 0.25) is 0 Å². The van der Waals surface area contributed by atoms with Crippen molar-refractivity contribution in [2.75, 3.05) is 30.3 Å². The van der Waals surface area contributed by atoms with Crippen LogP contribution in [0.5, 0.6) is 0 Å². The van der Waals surface area contributed by atoms with E-state index in [1.54, 1.807) is 0 Å². The molecule has 0 spiro atoms. The zero-order valence-corrected chi connectivity index (χ0v) is 15.9. The third-order valence-corrected chi connectivity index (χ3v) is 6.63. The van der Waals surface area contributed by atoms with E-state index < -0.39 is 0 Å². The number of nitrogens with one attached hydrogen (secondary N) is 1. The molecule has 1 aliphatic carbocycles. The second kappa shape index (κ2) is 7.12. The van der Waals surface area contributed by atoms with Crippen LogP contribution in [0.15, 0.2) is 30.3 Å². The molecule has 27 heavy (non-hydrogen) atoms. The summed E-state index contributed by atoms with van der Waals surface area (Å²) in [4.78, 5) is 12.0. The molecule has 142 valence electrons. The first-order valence-electron chi connectivity index (χ1n) is 10.5. The Hall–Kier alpha value is -2.14. The molecule has 0 saturated carbocycles. The predicted octanol–water partition coefficient (Wildman–Crippen LogP) is 3.11. The molecular weight excluding hydrogens is 334 g/mol. The molecule has 1 aromatic heterocycles. The minimum absolute atomic E-state index is 0.329. The second-order valence-corrected chi connectivity index (χ2v) is 8.35. The number of rotatable bonds is 2.